The summed E-state index contributed by atoms with van der Waals surface area (Å²) < 4.78 is 3.01. The first-order valence-corrected chi connectivity index (χ1v) is 8.90. The highest BCUT2D eigenvalue weighted by atomic mass is 16.2. The van der Waals surface area contributed by atoms with E-state index >= 15 is 0 Å². The molecule has 0 aliphatic carbocycles. The fourth-order valence-electron chi connectivity index (χ4n) is 3.32. The summed E-state index contributed by atoms with van der Waals surface area (Å²) in [6.07, 6.45) is 4.99. The molecule has 4 rings (SSSR count). The summed E-state index contributed by atoms with van der Waals surface area (Å²) in [6.45, 7) is 3.74. The minimum absolute atomic E-state index is 0.0205. The lowest BCUT2D eigenvalue weighted by Gasteiger charge is -2.30. The largest absolute Gasteiger partial charge is 0.341 e. The van der Waals surface area contributed by atoms with E-state index in [2.05, 4.69) is 17.0 Å². The molecule has 1 fully saturated rings. The van der Waals surface area contributed by atoms with Gasteiger partial charge in [-0.1, -0.05) is 25.1 Å². The van der Waals surface area contributed by atoms with Crippen LogP contribution in [0.25, 0.3) is 16.7 Å². The van der Waals surface area contributed by atoms with Crippen molar-refractivity contribution >= 4 is 16.9 Å². The topological polar surface area (TPSA) is 73.0 Å². The van der Waals surface area contributed by atoms with Gasteiger partial charge in [0.15, 0.2) is 5.65 Å². The molecule has 7 nitrogen and oxygen atoms in total. The summed E-state index contributed by atoms with van der Waals surface area (Å²) in [5.41, 5.74) is 1.10. The molecule has 3 aromatic rings. The van der Waals surface area contributed by atoms with Crippen molar-refractivity contribution in [3.8, 4) is 5.69 Å². The maximum atomic E-state index is 12.7. The number of benzene rings is 1. The first kappa shape index (κ1) is 16.5. The highest BCUT2D eigenvalue weighted by Gasteiger charge is 2.21. The molecule has 26 heavy (non-hydrogen) atoms. The molecule has 0 bridgehead atoms. The van der Waals surface area contributed by atoms with Gasteiger partial charge in [0.05, 0.1) is 11.9 Å². The molecule has 3 heterocycles. The summed E-state index contributed by atoms with van der Waals surface area (Å²) in [6, 6.07) is 9.54. The third kappa shape index (κ3) is 3.00. The Labute approximate surface area is 150 Å². The van der Waals surface area contributed by atoms with Crippen molar-refractivity contribution in [2.45, 2.75) is 26.3 Å². The SMILES string of the molecule is CC1CCN(C(=O)Cn2cnc3c(cnn3-c3ccccc3)c2=O)CC1. The molecule has 0 atom stereocenters. The quantitative estimate of drug-likeness (QED) is 0.722. The molecular formula is C19H21N5O2. The van der Waals surface area contributed by atoms with Crippen molar-refractivity contribution in [2.24, 2.45) is 5.92 Å². The van der Waals surface area contributed by atoms with Crippen LogP contribution in [0.1, 0.15) is 19.8 Å². The Morgan fingerprint density at radius 1 is 1.19 bits per heavy atom. The number of para-hydroxylation sites is 1. The summed E-state index contributed by atoms with van der Waals surface area (Å²) in [5.74, 6) is 0.624. The Morgan fingerprint density at radius 2 is 1.92 bits per heavy atom. The van der Waals surface area contributed by atoms with Crippen LogP contribution in [-0.4, -0.2) is 43.2 Å². The first-order valence-electron chi connectivity index (χ1n) is 8.90. The Morgan fingerprint density at radius 3 is 2.65 bits per heavy atom. The minimum Gasteiger partial charge on any atom is -0.341 e. The number of likely N-dealkylation sites (tertiary alicyclic amines) is 1. The zero-order valence-corrected chi connectivity index (χ0v) is 14.7. The monoisotopic (exact) mass is 351 g/mol. The number of carbonyl (C=O) groups is 1. The van der Waals surface area contributed by atoms with Gasteiger partial charge in [-0.15, -0.1) is 0 Å². The molecule has 1 aromatic carbocycles. The molecule has 0 unspecified atom stereocenters. The van der Waals surface area contributed by atoms with E-state index in [1.54, 1.807) is 4.68 Å². The fourth-order valence-corrected chi connectivity index (χ4v) is 3.32. The second kappa shape index (κ2) is 6.74. The maximum Gasteiger partial charge on any atom is 0.264 e. The average Bonchev–Trinajstić information content (AvgIpc) is 3.10. The Balaban J connectivity index is 1.61. The minimum atomic E-state index is -0.240. The van der Waals surface area contributed by atoms with E-state index in [9.17, 15) is 9.59 Å². The van der Waals surface area contributed by atoms with Crippen molar-refractivity contribution in [3.05, 3.63) is 53.2 Å². The van der Waals surface area contributed by atoms with Gasteiger partial charge < -0.3 is 4.90 Å². The third-order valence-corrected chi connectivity index (χ3v) is 5.00. The fraction of sp³-hybridized carbons (Fsp3) is 0.368. The van der Waals surface area contributed by atoms with Crippen LogP contribution in [0.15, 0.2) is 47.7 Å². The van der Waals surface area contributed by atoms with Crippen molar-refractivity contribution in [1.82, 2.24) is 24.2 Å². The van der Waals surface area contributed by atoms with Crippen molar-refractivity contribution in [3.63, 3.8) is 0 Å². The molecule has 0 radical (unpaired) electrons. The summed E-state index contributed by atoms with van der Waals surface area (Å²) >= 11 is 0. The van der Waals surface area contributed by atoms with Gasteiger partial charge in [-0.25, -0.2) is 9.67 Å². The predicted octanol–water partition coefficient (Wildman–Crippen LogP) is 1.84. The molecule has 1 amide bonds. The molecule has 134 valence electrons. The van der Waals surface area contributed by atoms with Gasteiger partial charge in [0.25, 0.3) is 5.56 Å². The number of rotatable bonds is 3. The van der Waals surface area contributed by atoms with Gasteiger partial charge in [-0.05, 0) is 30.9 Å². The van der Waals surface area contributed by atoms with Crippen LogP contribution in [-0.2, 0) is 11.3 Å². The molecule has 1 aliphatic rings. The number of hydrogen-bond acceptors (Lipinski definition) is 4. The summed E-state index contributed by atoms with van der Waals surface area (Å²) in [5, 5.41) is 4.70. The maximum absolute atomic E-state index is 12.7. The smallest absolute Gasteiger partial charge is 0.264 e. The van der Waals surface area contributed by atoms with E-state index in [0.717, 1.165) is 31.6 Å². The van der Waals surface area contributed by atoms with Crippen molar-refractivity contribution in [2.75, 3.05) is 13.1 Å². The van der Waals surface area contributed by atoms with E-state index in [1.807, 2.05) is 35.2 Å². The van der Waals surface area contributed by atoms with Crippen LogP contribution in [0, 0.1) is 5.92 Å². The van der Waals surface area contributed by atoms with Crippen LogP contribution < -0.4 is 5.56 Å². The second-order valence-corrected chi connectivity index (χ2v) is 6.87. The molecule has 7 heteroatoms. The Bertz CT molecular complexity index is 984. The van der Waals surface area contributed by atoms with Crippen LogP contribution in [0.3, 0.4) is 0 Å². The highest BCUT2D eigenvalue weighted by Crippen LogP contribution is 2.16. The zero-order valence-electron chi connectivity index (χ0n) is 14.7. The number of hydrogen-bond donors (Lipinski definition) is 0. The molecule has 0 saturated carbocycles. The van der Waals surface area contributed by atoms with Crippen LogP contribution in [0.2, 0.25) is 0 Å². The molecule has 2 aromatic heterocycles. The standard InChI is InChI=1S/C19H21N5O2/c1-14-7-9-22(10-8-14)17(25)12-23-13-20-18-16(19(23)26)11-21-24(18)15-5-3-2-4-6-15/h2-6,11,13-14H,7-10,12H2,1H3. The van der Waals surface area contributed by atoms with E-state index in [1.165, 1.54) is 17.1 Å². The van der Waals surface area contributed by atoms with Crippen molar-refractivity contribution in [1.29, 1.82) is 0 Å². The lowest BCUT2D eigenvalue weighted by atomic mass is 9.99. The second-order valence-electron chi connectivity index (χ2n) is 6.87. The normalized spacial score (nSPS) is 15.5. The number of piperidine rings is 1. The lowest BCUT2D eigenvalue weighted by Crippen LogP contribution is -2.41. The van der Waals surface area contributed by atoms with Crippen LogP contribution >= 0.6 is 0 Å². The third-order valence-electron chi connectivity index (χ3n) is 5.00. The van der Waals surface area contributed by atoms with Crippen molar-refractivity contribution < 1.29 is 4.79 Å². The Kier molecular flexibility index (Phi) is 4.28. The van der Waals surface area contributed by atoms with Gasteiger partial charge in [0, 0.05) is 13.1 Å². The summed E-state index contributed by atoms with van der Waals surface area (Å²) in [7, 11) is 0. The number of fused-ring (bicyclic) bond motifs is 1. The average molecular weight is 351 g/mol. The van der Waals surface area contributed by atoms with Gasteiger partial charge in [0.2, 0.25) is 5.91 Å². The van der Waals surface area contributed by atoms with Crippen LogP contribution in [0.4, 0.5) is 0 Å². The molecule has 0 N–H and O–H groups in total. The predicted molar refractivity (Wildman–Crippen MR) is 98.1 cm³/mol. The summed E-state index contributed by atoms with van der Waals surface area (Å²) in [4.78, 5) is 31.5. The van der Waals surface area contributed by atoms with Gasteiger partial charge in [-0.3, -0.25) is 14.2 Å². The molecule has 0 spiro atoms. The van der Waals surface area contributed by atoms with Gasteiger partial charge >= 0.3 is 0 Å². The van der Waals surface area contributed by atoms with E-state index in [-0.39, 0.29) is 18.0 Å². The molecule has 1 saturated heterocycles. The lowest BCUT2D eigenvalue weighted by molar-refractivity contribution is -0.133. The number of carbonyl (C=O) groups excluding carboxylic acids is 1. The molecular weight excluding hydrogens is 330 g/mol. The van der Waals surface area contributed by atoms with E-state index < -0.39 is 0 Å². The number of nitrogens with zero attached hydrogens (tertiary/aromatic N) is 5. The van der Waals surface area contributed by atoms with E-state index in [4.69, 9.17) is 0 Å². The molecule has 1 aliphatic heterocycles. The van der Waals surface area contributed by atoms with Gasteiger partial charge in [0.1, 0.15) is 18.3 Å². The van der Waals surface area contributed by atoms with E-state index in [0.29, 0.717) is 17.0 Å². The zero-order chi connectivity index (χ0) is 18.1. The number of amides is 1. The highest BCUT2D eigenvalue weighted by molar-refractivity contribution is 5.78. The Hall–Kier alpha value is -2.96. The van der Waals surface area contributed by atoms with Gasteiger partial charge in [-0.2, -0.15) is 5.10 Å². The van der Waals surface area contributed by atoms with Crippen LogP contribution in [0.5, 0.6) is 0 Å². The first-order chi connectivity index (χ1) is 12.6. The number of aromatic nitrogens is 4.